The van der Waals surface area contributed by atoms with Crippen LogP contribution in [0.3, 0.4) is 0 Å². The number of nitrogens with one attached hydrogen (secondary N) is 1. The molecule has 2 aliphatic heterocycles. The Balaban J connectivity index is 0.000000296. The summed E-state index contributed by atoms with van der Waals surface area (Å²) in [5.74, 6) is -0.226. The van der Waals surface area contributed by atoms with Crippen molar-refractivity contribution < 1.29 is 17.8 Å². The average molecular weight is 702 g/mol. The molecule has 0 bridgehead atoms. The van der Waals surface area contributed by atoms with Crippen LogP contribution in [-0.4, -0.2) is 55.0 Å². The molecule has 2 heterocycles. The number of hydrazone groups is 1. The SMILES string of the molecule is CCCCCCCCCCCCS(=O)(=O)O.O=C(NN1CCCCC1)C1=NN(c2c(Cl)cc(Cl)cc2-c2ccc(Cl)cc2)CC1. The third-order valence-corrected chi connectivity index (χ3v) is 9.44. The van der Waals surface area contributed by atoms with Crippen molar-refractivity contribution in [2.24, 2.45) is 5.10 Å². The summed E-state index contributed by atoms with van der Waals surface area (Å²) in [4.78, 5) is 12.6. The van der Waals surface area contributed by atoms with E-state index in [0.717, 1.165) is 55.6 Å². The number of hydrogen-bond donors (Lipinski definition) is 2. The number of hydrogen-bond acceptors (Lipinski definition) is 6. The van der Waals surface area contributed by atoms with Gasteiger partial charge in [0, 0.05) is 41.7 Å². The van der Waals surface area contributed by atoms with Gasteiger partial charge in [-0.25, -0.2) is 5.01 Å². The van der Waals surface area contributed by atoms with Gasteiger partial charge in [-0.2, -0.15) is 13.5 Å². The van der Waals surface area contributed by atoms with Gasteiger partial charge in [0.2, 0.25) is 0 Å². The highest BCUT2D eigenvalue weighted by atomic mass is 35.5. The number of halogens is 3. The monoisotopic (exact) mass is 700 g/mol. The largest absolute Gasteiger partial charge is 0.286 e. The molecule has 0 unspecified atom stereocenters. The Morgan fingerprint density at radius 1 is 0.844 bits per heavy atom. The van der Waals surface area contributed by atoms with Crippen molar-refractivity contribution in [2.75, 3.05) is 30.4 Å². The Bertz CT molecular complexity index is 1350. The van der Waals surface area contributed by atoms with Gasteiger partial charge in [0.25, 0.3) is 16.0 Å². The van der Waals surface area contributed by atoms with Crippen LogP contribution < -0.4 is 10.4 Å². The molecule has 45 heavy (non-hydrogen) atoms. The van der Waals surface area contributed by atoms with Gasteiger partial charge in [0.1, 0.15) is 5.71 Å². The molecule has 0 atom stereocenters. The summed E-state index contributed by atoms with van der Waals surface area (Å²) in [6.07, 6.45) is 15.6. The summed E-state index contributed by atoms with van der Waals surface area (Å²) < 4.78 is 29.4. The first-order valence-corrected chi connectivity index (χ1v) is 18.9. The fraction of sp³-hybridized carbons (Fsp3) is 0.576. The molecule has 1 fully saturated rings. The van der Waals surface area contributed by atoms with Crippen molar-refractivity contribution in [1.29, 1.82) is 0 Å². The molecule has 12 heteroatoms. The number of amides is 1. The van der Waals surface area contributed by atoms with E-state index in [9.17, 15) is 13.2 Å². The van der Waals surface area contributed by atoms with Crippen molar-refractivity contribution in [2.45, 2.75) is 96.8 Å². The van der Waals surface area contributed by atoms with E-state index in [2.05, 4.69) is 17.5 Å². The summed E-state index contributed by atoms with van der Waals surface area (Å²) in [5, 5.41) is 10.0. The second-order valence-corrected chi connectivity index (χ2v) is 14.5. The lowest BCUT2D eigenvalue weighted by Gasteiger charge is -2.26. The highest BCUT2D eigenvalue weighted by molar-refractivity contribution is 7.85. The summed E-state index contributed by atoms with van der Waals surface area (Å²) >= 11 is 18.8. The highest BCUT2D eigenvalue weighted by Gasteiger charge is 2.27. The van der Waals surface area contributed by atoms with Crippen LogP contribution in [0.15, 0.2) is 41.5 Å². The van der Waals surface area contributed by atoms with Crippen LogP contribution in [0.4, 0.5) is 5.69 Å². The molecule has 1 amide bonds. The first-order valence-electron chi connectivity index (χ1n) is 16.2. The van der Waals surface area contributed by atoms with Gasteiger partial charge >= 0.3 is 0 Å². The van der Waals surface area contributed by atoms with Gasteiger partial charge in [-0.3, -0.25) is 19.8 Å². The first-order chi connectivity index (χ1) is 21.6. The molecule has 250 valence electrons. The van der Waals surface area contributed by atoms with Crippen molar-refractivity contribution in [1.82, 2.24) is 10.4 Å². The van der Waals surface area contributed by atoms with Crippen LogP contribution >= 0.6 is 34.8 Å². The number of nitrogens with zero attached hydrogens (tertiary/aromatic N) is 3. The van der Waals surface area contributed by atoms with Crippen LogP contribution in [-0.2, 0) is 14.9 Å². The predicted molar refractivity (Wildman–Crippen MR) is 188 cm³/mol. The van der Waals surface area contributed by atoms with E-state index < -0.39 is 10.1 Å². The lowest BCUT2D eigenvalue weighted by atomic mass is 10.0. The minimum absolute atomic E-state index is 0.0799. The Hall–Kier alpha value is -1.88. The molecular formula is C33H47Cl3N4O4S. The fourth-order valence-corrected chi connectivity index (χ4v) is 6.73. The molecule has 4 rings (SSSR count). The highest BCUT2D eigenvalue weighted by Crippen LogP contribution is 2.41. The predicted octanol–water partition coefficient (Wildman–Crippen LogP) is 9.19. The molecule has 8 nitrogen and oxygen atoms in total. The molecule has 2 aromatic carbocycles. The van der Waals surface area contributed by atoms with Crippen LogP contribution in [0, 0.1) is 0 Å². The maximum absolute atomic E-state index is 12.6. The van der Waals surface area contributed by atoms with Gasteiger partial charge < -0.3 is 0 Å². The molecule has 1 saturated heterocycles. The maximum atomic E-state index is 12.6. The topological polar surface area (TPSA) is 102 Å². The van der Waals surface area contributed by atoms with E-state index >= 15 is 0 Å². The Morgan fingerprint density at radius 3 is 2.04 bits per heavy atom. The van der Waals surface area contributed by atoms with Crippen molar-refractivity contribution in [3.63, 3.8) is 0 Å². The molecule has 2 N–H and O–H groups in total. The second-order valence-electron chi connectivity index (χ2n) is 11.7. The van der Waals surface area contributed by atoms with Crippen LogP contribution in [0.5, 0.6) is 0 Å². The summed E-state index contributed by atoms with van der Waals surface area (Å²) in [5.41, 5.74) is 5.99. The van der Waals surface area contributed by atoms with E-state index in [1.54, 1.807) is 11.1 Å². The van der Waals surface area contributed by atoms with Crippen molar-refractivity contribution in [3.05, 3.63) is 51.5 Å². The van der Waals surface area contributed by atoms with E-state index in [4.69, 9.17) is 39.4 Å². The number of hydrazine groups is 1. The smallest absolute Gasteiger partial charge is 0.281 e. The molecular weight excluding hydrogens is 655 g/mol. The lowest BCUT2D eigenvalue weighted by Crippen LogP contribution is -2.47. The van der Waals surface area contributed by atoms with Crippen LogP contribution in [0.1, 0.15) is 96.8 Å². The number of carbonyl (C=O) groups excluding carboxylic acids is 1. The quantitative estimate of drug-likeness (QED) is 0.142. The maximum Gasteiger partial charge on any atom is 0.281 e. The average Bonchev–Trinajstić information content (AvgIpc) is 3.48. The molecule has 0 spiro atoms. The Labute approximate surface area is 284 Å². The molecule has 0 radical (unpaired) electrons. The number of anilines is 1. The fourth-order valence-electron chi connectivity index (χ4n) is 5.44. The number of piperidine rings is 1. The number of carbonyl (C=O) groups is 1. The number of unbranched alkanes of at least 4 members (excludes halogenated alkanes) is 9. The summed E-state index contributed by atoms with van der Waals surface area (Å²) in [6, 6.07) is 11.0. The molecule has 0 aliphatic carbocycles. The van der Waals surface area contributed by atoms with E-state index in [-0.39, 0.29) is 11.7 Å². The normalized spacial score (nSPS) is 15.4. The summed E-state index contributed by atoms with van der Waals surface area (Å²) in [6.45, 7) is 4.55. The van der Waals surface area contributed by atoms with Gasteiger partial charge in [-0.1, -0.05) is 118 Å². The number of benzene rings is 2. The molecule has 2 aliphatic rings. The Morgan fingerprint density at radius 2 is 1.44 bits per heavy atom. The van der Waals surface area contributed by atoms with Gasteiger partial charge in [-0.15, -0.1) is 0 Å². The van der Waals surface area contributed by atoms with Crippen LogP contribution in [0.25, 0.3) is 11.1 Å². The second kappa shape index (κ2) is 19.7. The van der Waals surface area contributed by atoms with E-state index in [0.29, 0.717) is 40.2 Å². The number of rotatable bonds is 15. The van der Waals surface area contributed by atoms with Gasteiger partial charge in [0.15, 0.2) is 0 Å². The molecule has 0 saturated carbocycles. The third-order valence-electron chi connectivity index (χ3n) is 7.88. The van der Waals surface area contributed by atoms with Gasteiger partial charge in [-0.05, 0) is 49.1 Å². The third kappa shape index (κ3) is 13.8. The zero-order valence-electron chi connectivity index (χ0n) is 26.2. The molecule has 2 aromatic rings. The van der Waals surface area contributed by atoms with Crippen LogP contribution in [0.2, 0.25) is 15.1 Å². The van der Waals surface area contributed by atoms with E-state index in [1.807, 2.05) is 35.3 Å². The zero-order chi connectivity index (χ0) is 32.7. The lowest BCUT2D eigenvalue weighted by molar-refractivity contribution is -0.119. The van der Waals surface area contributed by atoms with E-state index in [1.165, 1.54) is 51.4 Å². The van der Waals surface area contributed by atoms with Crippen molar-refractivity contribution in [3.8, 4) is 11.1 Å². The Kier molecular flexibility index (Phi) is 16.5. The summed E-state index contributed by atoms with van der Waals surface area (Å²) in [7, 11) is -3.73. The minimum atomic E-state index is -3.73. The van der Waals surface area contributed by atoms with Gasteiger partial charge in [0.05, 0.1) is 16.5 Å². The minimum Gasteiger partial charge on any atom is -0.286 e. The zero-order valence-corrected chi connectivity index (χ0v) is 29.3. The first kappa shape index (κ1) is 37.6. The van der Waals surface area contributed by atoms with Crippen molar-refractivity contribution >= 4 is 62.2 Å². The molecule has 0 aromatic heterocycles. The standard InChI is InChI=1S/C21H21Cl3N4O.C12H26O3S/c22-15-6-4-14(5-7-15)17-12-16(23)13-18(24)20(17)28-11-8-19(25-28)21(29)26-27-9-2-1-3-10-27;1-2-3-4-5-6-7-8-9-10-11-12-16(13,14)15/h4-7,12-13H,1-3,8-11H2,(H,26,29);2-12H2,1H3,(H,13,14,15).